The van der Waals surface area contributed by atoms with Crippen LogP contribution in [0.25, 0.3) is 0 Å². The third-order valence-corrected chi connectivity index (χ3v) is 5.59. The normalized spacial score (nSPS) is 20.4. The molecule has 0 aromatic carbocycles. The molecule has 1 atom stereocenters. The fourth-order valence-corrected chi connectivity index (χ4v) is 3.94. The number of aromatic nitrogens is 2. The molecule has 160 valence electrons. The average Bonchev–Trinajstić information content (AvgIpc) is 2.81. The van der Waals surface area contributed by atoms with E-state index in [9.17, 15) is 0 Å². The minimum absolute atomic E-state index is 0.253. The summed E-state index contributed by atoms with van der Waals surface area (Å²) in [6, 6.07) is 10.3. The topological polar surface area (TPSA) is 69.1 Å². The number of nitrogens with zero attached hydrogens (tertiary/aromatic N) is 6. The van der Waals surface area contributed by atoms with Crippen LogP contribution in [0.3, 0.4) is 0 Å². The van der Waals surface area contributed by atoms with Crippen LogP contribution in [0.1, 0.15) is 12.5 Å². The van der Waals surface area contributed by atoms with E-state index in [1.807, 2.05) is 31.6 Å². The predicted molar refractivity (Wildman–Crippen MR) is 120 cm³/mol. The van der Waals surface area contributed by atoms with Crippen LogP contribution in [0, 0.1) is 0 Å². The van der Waals surface area contributed by atoms with Gasteiger partial charge in [0.25, 0.3) is 0 Å². The van der Waals surface area contributed by atoms with Gasteiger partial charge in [-0.05, 0) is 30.7 Å². The van der Waals surface area contributed by atoms with E-state index < -0.39 is 0 Å². The Labute approximate surface area is 178 Å². The lowest BCUT2D eigenvalue weighted by atomic mass is 10.2. The van der Waals surface area contributed by atoms with Crippen molar-refractivity contribution in [2.75, 3.05) is 62.7 Å². The first-order valence-electron chi connectivity index (χ1n) is 10.7. The van der Waals surface area contributed by atoms with E-state index in [1.165, 1.54) is 0 Å². The van der Waals surface area contributed by atoms with Crippen molar-refractivity contribution in [3.63, 3.8) is 0 Å². The number of ether oxygens (including phenoxy) is 1. The van der Waals surface area contributed by atoms with Gasteiger partial charge in [0, 0.05) is 65.3 Å². The monoisotopic (exact) mass is 409 g/mol. The van der Waals surface area contributed by atoms with Gasteiger partial charge >= 0.3 is 0 Å². The highest BCUT2D eigenvalue weighted by Crippen LogP contribution is 2.16. The maximum absolute atomic E-state index is 5.62. The number of hydrogen-bond donors (Lipinski definition) is 1. The minimum Gasteiger partial charge on any atom is -0.375 e. The SMILES string of the molecule is CN=C(NCc1ccc(N2CCOC(C)C2)nc1)N1CCN(c2ccccn2)CC1. The highest BCUT2D eigenvalue weighted by Gasteiger charge is 2.21. The lowest BCUT2D eigenvalue weighted by Gasteiger charge is -2.37. The van der Waals surface area contributed by atoms with Crippen LogP contribution in [0.4, 0.5) is 11.6 Å². The van der Waals surface area contributed by atoms with Gasteiger partial charge in [-0.2, -0.15) is 0 Å². The van der Waals surface area contributed by atoms with Gasteiger partial charge in [0.05, 0.1) is 12.7 Å². The molecular weight excluding hydrogens is 378 g/mol. The van der Waals surface area contributed by atoms with E-state index in [0.717, 1.165) is 69.0 Å². The number of morpholine rings is 1. The van der Waals surface area contributed by atoms with E-state index in [-0.39, 0.29) is 6.10 Å². The van der Waals surface area contributed by atoms with E-state index in [0.29, 0.717) is 6.54 Å². The van der Waals surface area contributed by atoms with E-state index in [4.69, 9.17) is 4.74 Å². The summed E-state index contributed by atoms with van der Waals surface area (Å²) in [6.07, 6.45) is 4.05. The molecule has 2 aliphatic rings. The number of pyridine rings is 2. The first kappa shape index (κ1) is 20.4. The van der Waals surface area contributed by atoms with Crippen molar-refractivity contribution < 1.29 is 4.74 Å². The first-order valence-corrected chi connectivity index (χ1v) is 10.7. The maximum Gasteiger partial charge on any atom is 0.194 e. The molecule has 0 bridgehead atoms. The standard InChI is InChI=1S/C22H31N7O/c1-18-17-29(13-14-30-18)21-7-6-19(15-25-21)16-26-22(23-2)28-11-9-27(10-12-28)20-5-3-4-8-24-20/h3-8,15,18H,9-14,16-17H2,1-2H3,(H,23,26). The maximum atomic E-state index is 5.62. The molecule has 4 heterocycles. The van der Waals surface area contributed by atoms with Crippen molar-refractivity contribution in [3.8, 4) is 0 Å². The Morgan fingerprint density at radius 2 is 1.90 bits per heavy atom. The highest BCUT2D eigenvalue weighted by atomic mass is 16.5. The van der Waals surface area contributed by atoms with E-state index in [1.54, 1.807) is 0 Å². The van der Waals surface area contributed by atoms with Gasteiger partial charge in [0.2, 0.25) is 0 Å². The molecule has 0 saturated carbocycles. The summed E-state index contributed by atoms with van der Waals surface area (Å²) in [5.41, 5.74) is 1.15. The summed E-state index contributed by atoms with van der Waals surface area (Å²) in [6.45, 7) is 9.07. The van der Waals surface area contributed by atoms with Crippen molar-refractivity contribution in [2.45, 2.75) is 19.6 Å². The molecule has 4 rings (SSSR count). The van der Waals surface area contributed by atoms with Gasteiger partial charge in [-0.1, -0.05) is 12.1 Å². The fourth-order valence-electron chi connectivity index (χ4n) is 3.94. The van der Waals surface area contributed by atoms with Crippen molar-refractivity contribution in [2.24, 2.45) is 4.99 Å². The molecule has 30 heavy (non-hydrogen) atoms. The van der Waals surface area contributed by atoms with E-state index >= 15 is 0 Å². The van der Waals surface area contributed by atoms with Crippen LogP contribution in [0.15, 0.2) is 47.7 Å². The first-order chi connectivity index (χ1) is 14.7. The summed E-state index contributed by atoms with van der Waals surface area (Å²) in [5, 5.41) is 3.48. The second kappa shape index (κ2) is 9.75. The summed E-state index contributed by atoms with van der Waals surface area (Å²) in [5.74, 6) is 2.99. The van der Waals surface area contributed by atoms with Gasteiger partial charge in [0.1, 0.15) is 11.6 Å². The van der Waals surface area contributed by atoms with Crippen LogP contribution in [0.2, 0.25) is 0 Å². The Morgan fingerprint density at radius 1 is 1.07 bits per heavy atom. The molecule has 0 spiro atoms. The van der Waals surface area contributed by atoms with Crippen molar-refractivity contribution in [1.29, 1.82) is 0 Å². The van der Waals surface area contributed by atoms with Gasteiger partial charge in [-0.25, -0.2) is 9.97 Å². The van der Waals surface area contributed by atoms with Gasteiger partial charge < -0.3 is 24.8 Å². The summed E-state index contributed by atoms with van der Waals surface area (Å²) in [7, 11) is 1.84. The molecule has 1 N–H and O–H groups in total. The smallest absolute Gasteiger partial charge is 0.194 e. The zero-order chi connectivity index (χ0) is 20.8. The second-order valence-corrected chi connectivity index (χ2v) is 7.71. The number of aliphatic imine (C=N–C) groups is 1. The molecule has 2 aromatic heterocycles. The fraction of sp³-hybridized carbons (Fsp3) is 0.500. The summed E-state index contributed by atoms with van der Waals surface area (Å²) >= 11 is 0. The second-order valence-electron chi connectivity index (χ2n) is 7.71. The number of rotatable bonds is 4. The summed E-state index contributed by atoms with van der Waals surface area (Å²) in [4.78, 5) is 20.5. The lowest BCUT2D eigenvalue weighted by Crippen LogP contribution is -2.52. The minimum atomic E-state index is 0.253. The third kappa shape index (κ3) is 4.99. The summed E-state index contributed by atoms with van der Waals surface area (Å²) < 4.78 is 5.62. The Kier molecular flexibility index (Phi) is 6.63. The van der Waals surface area contributed by atoms with Gasteiger partial charge in [-0.3, -0.25) is 4.99 Å². The molecule has 2 aliphatic heterocycles. The number of anilines is 2. The Bertz CT molecular complexity index is 819. The third-order valence-electron chi connectivity index (χ3n) is 5.59. The Morgan fingerprint density at radius 3 is 2.57 bits per heavy atom. The zero-order valence-electron chi connectivity index (χ0n) is 17.9. The van der Waals surface area contributed by atoms with Crippen LogP contribution in [0.5, 0.6) is 0 Å². The Hall–Kier alpha value is -2.87. The van der Waals surface area contributed by atoms with E-state index in [2.05, 4.69) is 60.1 Å². The van der Waals surface area contributed by atoms with Crippen molar-refractivity contribution >= 4 is 17.6 Å². The quantitative estimate of drug-likeness (QED) is 0.608. The van der Waals surface area contributed by atoms with Crippen LogP contribution in [-0.4, -0.2) is 79.9 Å². The average molecular weight is 410 g/mol. The molecule has 2 fully saturated rings. The molecule has 1 unspecified atom stereocenters. The molecule has 2 aromatic rings. The molecule has 0 amide bonds. The molecule has 0 radical (unpaired) electrons. The zero-order valence-corrected chi connectivity index (χ0v) is 17.9. The number of nitrogens with one attached hydrogen (secondary N) is 1. The predicted octanol–water partition coefficient (Wildman–Crippen LogP) is 1.60. The van der Waals surface area contributed by atoms with Gasteiger partial charge in [0.15, 0.2) is 5.96 Å². The lowest BCUT2D eigenvalue weighted by molar-refractivity contribution is 0.0529. The molecular formula is C22H31N7O. The van der Waals surface area contributed by atoms with Crippen molar-refractivity contribution in [1.82, 2.24) is 20.2 Å². The van der Waals surface area contributed by atoms with Crippen molar-refractivity contribution in [3.05, 3.63) is 48.3 Å². The molecule has 8 nitrogen and oxygen atoms in total. The number of piperazine rings is 1. The van der Waals surface area contributed by atoms with Crippen LogP contribution < -0.4 is 15.1 Å². The molecule has 2 saturated heterocycles. The van der Waals surface area contributed by atoms with Gasteiger partial charge in [-0.15, -0.1) is 0 Å². The molecule has 0 aliphatic carbocycles. The van der Waals surface area contributed by atoms with Crippen LogP contribution in [-0.2, 0) is 11.3 Å². The number of guanidine groups is 1. The Balaban J connectivity index is 1.27. The highest BCUT2D eigenvalue weighted by molar-refractivity contribution is 5.80. The molecule has 8 heteroatoms. The van der Waals surface area contributed by atoms with Crippen LogP contribution >= 0.6 is 0 Å². The largest absolute Gasteiger partial charge is 0.375 e. The number of hydrogen-bond acceptors (Lipinski definition) is 6.